The normalized spacial score (nSPS) is 11.3. The second kappa shape index (κ2) is 5.61. The third kappa shape index (κ3) is 3.44. The molecular formula is C11H15ClN2O. The van der Waals surface area contributed by atoms with Crippen LogP contribution in [0.5, 0.6) is 5.75 Å². The van der Waals surface area contributed by atoms with E-state index in [0.717, 1.165) is 11.5 Å². The Morgan fingerprint density at radius 3 is 2.80 bits per heavy atom. The number of amidine groups is 1. The van der Waals surface area contributed by atoms with E-state index in [1.165, 1.54) is 0 Å². The third-order valence-electron chi connectivity index (χ3n) is 1.89. The van der Waals surface area contributed by atoms with Crippen molar-refractivity contribution in [3.8, 4) is 5.75 Å². The van der Waals surface area contributed by atoms with Crippen LogP contribution in [0, 0.1) is 0 Å². The summed E-state index contributed by atoms with van der Waals surface area (Å²) in [5.74, 6) is 1.55. The molecule has 0 radical (unpaired) electrons. The Kier molecular flexibility index (Phi) is 4.43. The molecule has 0 heterocycles. The summed E-state index contributed by atoms with van der Waals surface area (Å²) in [6.45, 7) is 4.43. The lowest BCUT2D eigenvalue weighted by molar-refractivity contribution is 0.340. The van der Waals surface area contributed by atoms with Crippen LogP contribution in [0.1, 0.15) is 13.8 Å². The molecule has 1 N–H and O–H groups in total. The van der Waals surface area contributed by atoms with Gasteiger partial charge in [-0.2, -0.15) is 0 Å². The lowest BCUT2D eigenvalue weighted by Crippen LogP contribution is -2.06. The van der Waals surface area contributed by atoms with Gasteiger partial charge in [-0.3, -0.25) is 4.99 Å². The maximum Gasteiger partial charge on any atom is 0.138 e. The molecule has 0 fully saturated rings. The number of nitrogens with one attached hydrogen (secondary N) is 1. The van der Waals surface area contributed by atoms with E-state index < -0.39 is 0 Å². The smallest absolute Gasteiger partial charge is 0.138 e. The van der Waals surface area contributed by atoms with Crippen molar-refractivity contribution < 1.29 is 4.74 Å². The molecule has 0 aliphatic carbocycles. The number of rotatable bonds is 3. The SMILES string of the molecule is CCOc1ccc(NC(C)=NC)cc1Cl. The summed E-state index contributed by atoms with van der Waals surface area (Å²) in [5, 5.41) is 3.71. The fourth-order valence-corrected chi connectivity index (χ4v) is 1.35. The fourth-order valence-electron chi connectivity index (χ4n) is 1.12. The van der Waals surface area contributed by atoms with Gasteiger partial charge < -0.3 is 10.1 Å². The van der Waals surface area contributed by atoms with Gasteiger partial charge in [0.15, 0.2) is 0 Å². The first-order valence-corrected chi connectivity index (χ1v) is 5.18. The van der Waals surface area contributed by atoms with Crippen molar-refractivity contribution in [2.24, 2.45) is 4.99 Å². The van der Waals surface area contributed by atoms with E-state index in [9.17, 15) is 0 Å². The molecule has 3 nitrogen and oxygen atoms in total. The van der Waals surface area contributed by atoms with E-state index in [4.69, 9.17) is 16.3 Å². The van der Waals surface area contributed by atoms with Gasteiger partial charge in [0.2, 0.25) is 0 Å². The van der Waals surface area contributed by atoms with Crippen molar-refractivity contribution in [1.29, 1.82) is 0 Å². The van der Waals surface area contributed by atoms with Crippen molar-refractivity contribution in [2.45, 2.75) is 13.8 Å². The average Bonchev–Trinajstić information content (AvgIpc) is 2.22. The minimum atomic E-state index is 0.603. The molecule has 4 heteroatoms. The number of ether oxygens (including phenoxy) is 1. The summed E-state index contributed by atoms with van der Waals surface area (Å²) >= 11 is 6.03. The van der Waals surface area contributed by atoms with Crippen molar-refractivity contribution in [3.05, 3.63) is 23.2 Å². The predicted octanol–water partition coefficient (Wildman–Crippen LogP) is 3.20. The van der Waals surface area contributed by atoms with Crippen LogP contribution in [0.15, 0.2) is 23.2 Å². The second-order valence-corrected chi connectivity index (χ2v) is 3.42. The molecular weight excluding hydrogens is 212 g/mol. The second-order valence-electron chi connectivity index (χ2n) is 3.01. The van der Waals surface area contributed by atoms with Crippen LogP contribution in [-0.4, -0.2) is 19.5 Å². The molecule has 0 bridgehead atoms. The van der Waals surface area contributed by atoms with E-state index in [1.807, 2.05) is 32.0 Å². The highest BCUT2D eigenvalue weighted by atomic mass is 35.5. The molecule has 0 amide bonds. The van der Waals surface area contributed by atoms with E-state index in [1.54, 1.807) is 7.05 Å². The zero-order valence-electron chi connectivity index (χ0n) is 9.17. The van der Waals surface area contributed by atoms with Crippen molar-refractivity contribution in [3.63, 3.8) is 0 Å². The minimum absolute atomic E-state index is 0.603. The zero-order valence-corrected chi connectivity index (χ0v) is 9.93. The number of benzene rings is 1. The van der Waals surface area contributed by atoms with E-state index in [2.05, 4.69) is 10.3 Å². The Morgan fingerprint density at radius 2 is 2.27 bits per heavy atom. The number of hydrogen-bond acceptors (Lipinski definition) is 2. The van der Waals surface area contributed by atoms with Gasteiger partial charge in [0.25, 0.3) is 0 Å². The summed E-state index contributed by atoms with van der Waals surface area (Å²) in [7, 11) is 1.73. The minimum Gasteiger partial charge on any atom is -0.492 e. The molecule has 0 aliphatic rings. The van der Waals surface area contributed by atoms with Crippen molar-refractivity contribution >= 4 is 23.1 Å². The fraction of sp³-hybridized carbons (Fsp3) is 0.364. The Bertz CT molecular complexity index is 364. The van der Waals surface area contributed by atoms with Gasteiger partial charge in [0, 0.05) is 12.7 Å². The van der Waals surface area contributed by atoms with Gasteiger partial charge in [-0.05, 0) is 32.0 Å². The number of halogens is 1. The van der Waals surface area contributed by atoms with Gasteiger partial charge in [0.05, 0.1) is 17.5 Å². The molecule has 15 heavy (non-hydrogen) atoms. The van der Waals surface area contributed by atoms with Gasteiger partial charge in [-0.1, -0.05) is 11.6 Å². The molecule has 1 rings (SSSR count). The molecule has 0 aromatic heterocycles. The topological polar surface area (TPSA) is 33.6 Å². The maximum atomic E-state index is 6.03. The van der Waals surface area contributed by atoms with E-state index >= 15 is 0 Å². The van der Waals surface area contributed by atoms with E-state index in [-0.39, 0.29) is 0 Å². The number of aliphatic imine (C=N–C) groups is 1. The zero-order chi connectivity index (χ0) is 11.3. The summed E-state index contributed by atoms with van der Waals surface area (Å²) in [6.07, 6.45) is 0. The number of nitrogens with zero attached hydrogens (tertiary/aromatic N) is 1. The van der Waals surface area contributed by atoms with Gasteiger partial charge in [0.1, 0.15) is 5.75 Å². The largest absolute Gasteiger partial charge is 0.492 e. The molecule has 0 saturated heterocycles. The van der Waals surface area contributed by atoms with Crippen LogP contribution < -0.4 is 10.1 Å². The third-order valence-corrected chi connectivity index (χ3v) is 2.19. The van der Waals surface area contributed by atoms with Crippen LogP contribution in [-0.2, 0) is 0 Å². The van der Waals surface area contributed by atoms with Gasteiger partial charge >= 0.3 is 0 Å². The molecule has 1 aromatic rings. The van der Waals surface area contributed by atoms with Crippen molar-refractivity contribution in [2.75, 3.05) is 19.0 Å². The lowest BCUT2D eigenvalue weighted by atomic mass is 10.3. The first kappa shape index (κ1) is 11.9. The predicted molar refractivity (Wildman–Crippen MR) is 65.3 cm³/mol. The molecule has 0 unspecified atom stereocenters. The molecule has 0 atom stereocenters. The molecule has 0 aliphatic heterocycles. The van der Waals surface area contributed by atoms with Crippen LogP contribution in [0.2, 0.25) is 5.02 Å². The Hall–Kier alpha value is -1.22. The molecule has 1 aromatic carbocycles. The number of hydrogen-bond donors (Lipinski definition) is 1. The average molecular weight is 227 g/mol. The highest BCUT2D eigenvalue weighted by Gasteiger charge is 2.02. The number of anilines is 1. The Balaban J connectivity index is 2.82. The first-order chi connectivity index (χ1) is 7.17. The summed E-state index contributed by atoms with van der Waals surface area (Å²) < 4.78 is 5.33. The van der Waals surface area contributed by atoms with Gasteiger partial charge in [-0.25, -0.2) is 0 Å². The van der Waals surface area contributed by atoms with Crippen LogP contribution in [0.3, 0.4) is 0 Å². The monoisotopic (exact) mass is 226 g/mol. The van der Waals surface area contributed by atoms with Crippen LogP contribution >= 0.6 is 11.6 Å². The Labute approximate surface area is 95.1 Å². The molecule has 0 spiro atoms. The Morgan fingerprint density at radius 1 is 1.53 bits per heavy atom. The lowest BCUT2D eigenvalue weighted by Gasteiger charge is -2.09. The molecule has 82 valence electrons. The quantitative estimate of drug-likeness (QED) is 0.634. The summed E-state index contributed by atoms with van der Waals surface area (Å²) in [5.41, 5.74) is 0.909. The van der Waals surface area contributed by atoms with Crippen LogP contribution in [0.25, 0.3) is 0 Å². The van der Waals surface area contributed by atoms with Gasteiger partial charge in [-0.15, -0.1) is 0 Å². The molecule has 0 saturated carbocycles. The highest BCUT2D eigenvalue weighted by Crippen LogP contribution is 2.27. The maximum absolute atomic E-state index is 6.03. The highest BCUT2D eigenvalue weighted by molar-refractivity contribution is 6.32. The summed E-state index contributed by atoms with van der Waals surface area (Å²) in [4.78, 5) is 4.00. The van der Waals surface area contributed by atoms with E-state index in [0.29, 0.717) is 17.4 Å². The van der Waals surface area contributed by atoms with Crippen LogP contribution in [0.4, 0.5) is 5.69 Å². The summed E-state index contributed by atoms with van der Waals surface area (Å²) in [6, 6.07) is 5.57. The standard InChI is InChI=1S/C11H15ClN2O/c1-4-15-11-6-5-9(7-10(11)12)14-8(2)13-3/h5-7H,4H2,1-3H3,(H,13,14). The van der Waals surface area contributed by atoms with Crippen molar-refractivity contribution in [1.82, 2.24) is 0 Å². The first-order valence-electron chi connectivity index (χ1n) is 4.80.